The molecule has 5 heteroatoms. The summed E-state index contributed by atoms with van der Waals surface area (Å²) in [6, 6.07) is 3.13. The first-order valence-corrected chi connectivity index (χ1v) is 5.19. The summed E-state index contributed by atoms with van der Waals surface area (Å²) in [7, 11) is 0. The highest BCUT2D eigenvalue weighted by molar-refractivity contribution is 9.10. The molecule has 0 aromatic heterocycles. The normalized spacial score (nSPS) is 12.5. The SMILES string of the molecule is Cc1c(Br)ccc(O)c1C(CN)C(=O)O. The third kappa shape index (κ3) is 2.30. The Bertz CT molecular complexity index is 392. The summed E-state index contributed by atoms with van der Waals surface area (Å²) in [5, 5.41) is 18.6. The molecule has 1 unspecified atom stereocenters. The summed E-state index contributed by atoms with van der Waals surface area (Å²) >= 11 is 3.28. The minimum atomic E-state index is -1.03. The summed E-state index contributed by atoms with van der Waals surface area (Å²) in [5.41, 5.74) is 6.46. The van der Waals surface area contributed by atoms with Gasteiger partial charge in [-0.2, -0.15) is 0 Å². The highest BCUT2D eigenvalue weighted by Gasteiger charge is 2.24. The zero-order valence-electron chi connectivity index (χ0n) is 8.20. The van der Waals surface area contributed by atoms with Crippen LogP contribution >= 0.6 is 15.9 Å². The zero-order valence-corrected chi connectivity index (χ0v) is 9.78. The van der Waals surface area contributed by atoms with Gasteiger partial charge in [0.05, 0.1) is 5.92 Å². The summed E-state index contributed by atoms with van der Waals surface area (Å²) in [6.07, 6.45) is 0. The van der Waals surface area contributed by atoms with E-state index < -0.39 is 11.9 Å². The molecule has 0 aliphatic heterocycles. The van der Waals surface area contributed by atoms with Gasteiger partial charge in [-0.15, -0.1) is 0 Å². The number of hydrogen-bond donors (Lipinski definition) is 3. The van der Waals surface area contributed by atoms with E-state index in [0.717, 1.165) is 4.47 Å². The number of aliphatic carboxylic acids is 1. The van der Waals surface area contributed by atoms with E-state index in [2.05, 4.69) is 15.9 Å². The van der Waals surface area contributed by atoms with Crippen molar-refractivity contribution in [3.63, 3.8) is 0 Å². The number of phenols is 1. The Morgan fingerprint density at radius 2 is 2.20 bits per heavy atom. The number of hydrogen-bond acceptors (Lipinski definition) is 3. The van der Waals surface area contributed by atoms with Gasteiger partial charge >= 0.3 is 5.97 Å². The molecule has 1 atom stereocenters. The fourth-order valence-electron chi connectivity index (χ4n) is 1.47. The number of nitrogens with two attached hydrogens (primary N) is 1. The van der Waals surface area contributed by atoms with Crippen LogP contribution in [0.1, 0.15) is 17.0 Å². The zero-order chi connectivity index (χ0) is 11.6. The van der Waals surface area contributed by atoms with Gasteiger partial charge in [-0.25, -0.2) is 0 Å². The molecule has 0 aliphatic rings. The molecule has 0 aliphatic carbocycles. The van der Waals surface area contributed by atoms with Gasteiger partial charge in [0.25, 0.3) is 0 Å². The molecule has 0 radical (unpaired) electrons. The minimum absolute atomic E-state index is 0.0337. The quantitative estimate of drug-likeness (QED) is 0.781. The number of rotatable bonds is 3. The molecule has 0 amide bonds. The molecular formula is C10H12BrNO3. The smallest absolute Gasteiger partial charge is 0.312 e. The molecule has 4 N–H and O–H groups in total. The number of phenolic OH excluding ortho intramolecular Hbond substituents is 1. The molecule has 0 saturated heterocycles. The van der Waals surface area contributed by atoms with Crippen molar-refractivity contribution in [2.45, 2.75) is 12.8 Å². The number of aromatic hydroxyl groups is 1. The molecule has 4 nitrogen and oxygen atoms in total. The van der Waals surface area contributed by atoms with Crippen LogP contribution in [-0.4, -0.2) is 22.7 Å². The van der Waals surface area contributed by atoms with Crippen LogP contribution in [0.4, 0.5) is 0 Å². The van der Waals surface area contributed by atoms with Gasteiger partial charge in [-0.3, -0.25) is 4.79 Å². The summed E-state index contributed by atoms with van der Waals surface area (Å²) in [5.74, 6) is -1.94. The van der Waals surface area contributed by atoms with Crippen molar-refractivity contribution in [2.24, 2.45) is 5.73 Å². The van der Waals surface area contributed by atoms with E-state index in [0.29, 0.717) is 11.1 Å². The van der Waals surface area contributed by atoms with Crippen LogP contribution in [0, 0.1) is 6.92 Å². The second-order valence-electron chi connectivity index (χ2n) is 3.23. The van der Waals surface area contributed by atoms with Crippen molar-refractivity contribution < 1.29 is 15.0 Å². The average molecular weight is 274 g/mol. The van der Waals surface area contributed by atoms with Crippen molar-refractivity contribution in [3.05, 3.63) is 27.7 Å². The van der Waals surface area contributed by atoms with Crippen molar-refractivity contribution in [2.75, 3.05) is 6.54 Å². The van der Waals surface area contributed by atoms with E-state index in [1.165, 1.54) is 6.07 Å². The van der Waals surface area contributed by atoms with Crippen LogP contribution in [0.5, 0.6) is 5.75 Å². The molecule has 82 valence electrons. The van der Waals surface area contributed by atoms with E-state index >= 15 is 0 Å². The van der Waals surface area contributed by atoms with Crippen LogP contribution < -0.4 is 5.73 Å². The van der Waals surface area contributed by atoms with Gasteiger partial charge in [-0.05, 0) is 24.6 Å². The predicted octanol–water partition coefficient (Wildman–Crippen LogP) is 1.59. The van der Waals surface area contributed by atoms with Crippen LogP contribution in [0.15, 0.2) is 16.6 Å². The monoisotopic (exact) mass is 273 g/mol. The molecule has 0 fully saturated rings. The second-order valence-corrected chi connectivity index (χ2v) is 4.09. The van der Waals surface area contributed by atoms with E-state index in [1.807, 2.05) is 0 Å². The fraction of sp³-hybridized carbons (Fsp3) is 0.300. The first kappa shape index (κ1) is 12.0. The number of carboxylic acid groups (broad SMARTS) is 1. The van der Waals surface area contributed by atoms with E-state index in [4.69, 9.17) is 10.8 Å². The predicted molar refractivity (Wildman–Crippen MR) is 60.0 cm³/mol. The van der Waals surface area contributed by atoms with Gasteiger partial charge in [0, 0.05) is 16.6 Å². The molecule has 15 heavy (non-hydrogen) atoms. The maximum Gasteiger partial charge on any atom is 0.312 e. The van der Waals surface area contributed by atoms with Gasteiger partial charge in [0.15, 0.2) is 0 Å². The molecule has 0 spiro atoms. The lowest BCUT2D eigenvalue weighted by molar-refractivity contribution is -0.138. The molecule has 0 saturated carbocycles. The van der Waals surface area contributed by atoms with Crippen LogP contribution in [0.25, 0.3) is 0 Å². The Hall–Kier alpha value is -1.07. The van der Waals surface area contributed by atoms with E-state index in [-0.39, 0.29) is 12.3 Å². The lowest BCUT2D eigenvalue weighted by Crippen LogP contribution is -2.22. The highest BCUT2D eigenvalue weighted by atomic mass is 79.9. The maximum absolute atomic E-state index is 10.9. The highest BCUT2D eigenvalue weighted by Crippen LogP contribution is 2.33. The Kier molecular flexibility index (Phi) is 3.71. The average Bonchev–Trinajstić information content (AvgIpc) is 2.18. The summed E-state index contributed by atoms with van der Waals surface area (Å²) in [6.45, 7) is 1.70. The van der Waals surface area contributed by atoms with Gasteiger partial charge in [0.2, 0.25) is 0 Å². The van der Waals surface area contributed by atoms with E-state index in [9.17, 15) is 9.90 Å². The minimum Gasteiger partial charge on any atom is -0.508 e. The first-order chi connectivity index (χ1) is 6.99. The Morgan fingerprint density at radius 1 is 1.60 bits per heavy atom. The first-order valence-electron chi connectivity index (χ1n) is 4.39. The lowest BCUT2D eigenvalue weighted by atomic mass is 9.94. The van der Waals surface area contributed by atoms with Crippen LogP contribution in [0.2, 0.25) is 0 Å². The summed E-state index contributed by atoms with van der Waals surface area (Å²) in [4.78, 5) is 10.9. The number of halogens is 1. The fourth-order valence-corrected chi connectivity index (χ4v) is 1.82. The van der Waals surface area contributed by atoms with Gasteiger partial charge in [0.1, 0.15) is 5.75 Å². The van der Waals surface area contributed by atoms with Gasteiger partial charge in [-0.1, -0.05) is 15.9 Å². The number of carboxylic acids is 1. The molecule has 1 aromatic rings. The summed E-state index contributed by atoms with van der Waals surface area (Å²) < 4.78 is 0.759. The molecule has 1 rings (SSSR count). The van der Waals surface area contributed by atoms with Gasteiger partial charge < -0.3 is 15.9 Å². The standard InChI is InChI=1S/C10H12BrNO3/c1-5-7(11)2-3-8(13)9(5)6(4-12)10(14)15/h2-3,6,13H,4,12H2,1H3,(H,14,15). The molecular weight excluding hydrogens is 262 g/mol. The third-order valence-corrected chi connectivity index (χ3v) is 3.17. The van der Waals surface area contributed by atoms with Crippen molar-refractivity contribution in [3.8, 4) is 5.75 Å². The third-order valence-electron chi connectivity index (χ3n) is 2.31. The van der Waals surface area contributed by atoms with Crippen molar-refractivity contribution >= 4 is 21.9 Å². The Morgan fingerprint density at radius 3 is 2.67 bits per heavy atom. The topological polar surface area (TPSA) is 83.5 Å². The second kappa shape index (κ2) is 4.63. The maximum atomic E-state index is 10.9. The molecule has 0 heterocycles. The largest absolute Gasteiger partial charge is 0.508 e. The number of carbonyl (C=O) groups is 1. The van der Waals surface area contributed by atoms with Crippen LogP contribution in [0.3, 0.4) is 0 Å². The number of benzene rings is 1. The Balaban J connectivity index is 3.34. The van der Waals surface area contributed by atoms with E-state index in [1.54, 1.807) is 13.0 Å². The van der Waals surface area contributed by atoms with Crippen molar-refractivity contribution in [1.29, 1.82) is 0 Å². The van der Waals surface area contributed by atoms with Crippen molar-refractivity contribution in [1.82, 2.24) is 0 Å². The Labute approximate surface area is 95.8 Å². The molecule has 0 bridgehead atoms. The molecule has 1 aromatic carbocycles. The van der Waals surface area contributed by atoms with Crippen LogP contribution in [-0.2, 0) is 4.79 Å². The lowest BCUT2D eigenvalue weighted by Gasteiger charge is -2.15.